The summed E-state index contributed by atoms with van der Waals surface area (Å²) >= 11 is 1.56. The van der Waals surface area contributed by atoms with Gasteiger partial charge in [-0.1, -0.05) is 0 Å². The number of nitrogens with two attached hydrogens (primary N) is 1. The Hall–Kier alpha value is -0.550. The Balaban J connectivity index is 2.22. The molecule has 0 unspecified atom stereocenters. The zero-order valence-electron chi connectivity index (χ0n) is 9.30. The van der Waals surface area contributed by atoms with Gasteiger partial charge < -0.3 is 5.73 Å². The smallest absolute Gasteiger partial charge is 0.248 e. The topological polar surface area (TPSA) is 38.9 Å². The molecule has 16 heavy (non-hydrogen) atoms. The second-order valence-electron chi connectivity index (χ2n) is 4.59. The number of rotatable bonds is 2. The zero-order valence-corrected chi connectivity index (χ0v) is 10.1. The molecule has 1 aliphatic carbocycles. The van der Waals surface area contributed by atoms with Crippen LogP contribution in [0.3, 0.4) is 0 Å². The lowest BCUT2D eigenvalue weighted by Crippen LogP contribution is -2.42. The number of nitrogens with zero attached hydrogens (tertiary/aromatic N) is 1. The summed E-state index contributed by atoms with van der Waals surface area (Å²) in [6, 6.07) is 0. The number of thiazole rings is 1. The van der Waals surface area contributed by atoms with E-state index >= 15 is 0 Å². The molecule has 1 heterocycles. The van der Waals surface area contributed by atoms with Crippen LogP contribution in [0.25, 0.3) is 0 Å². The van der Waals surface area contributed by atoms with Crippen molar-refractivity contribution in [1.82, 2.24) is 4.98 Å². The number of hydrogen-bond donors (Lipinski definition) is 1. The molecule has 1 saturated carbocycles. The maximum Gasteiger partial charge on any atom is 0.248 e. The summed E-state index contributed by atoms with van der Waals surface area (Å²) in [7, 11) is 0. The van der Waals surface area contributed by atoms with Crippen molar-refractivity contribution in [3.05, 3.63) is 16.1 Å². The Kier molecular flexibility index (Phi) is 3.01. The lowest BCUT2D eigenvalue weighted by molar-refractivity contribution is -0.0513. The Morgan fingerprint density at radius 1 is 1.38 bits per heavy atom. The number of alkyl halides is 2. The molecule has 5 heteroatoms. The van der Waals surface area contributed by atoms with E-state index in [4.69, 9.17) is 5.73 Å². The normalized spacial score (nSPS) is 23.2. The summed E-state index contributed by atoms with van der Waals surface area (Å²) in [5, 5.41) is 2.94. The van der Waals surface area contributed by atoms with Gasteiger partial charge in [-0.3, -0.25) is 0 Å². The lowest BCUT2D eigenvalue weighted by atomic mass is 9.71. The third kappa shape index (κ3) is 2.11. The molecule has 0 radical (unpaired) electrons. The predicted molar refractivity (Wildman–Crippen MR) is 61.0 cm³/mol. The Bertz CT molecular complexity index is 366. The third-order valence-corrected chi connectivity index (χ3v) is 4.27. The van der Waals surface area contributed by atoms with Crippen molar-refractivity contribution >= 4 is 11.3 Å². The van der Waals surface area contributed by atoms with Crippen LogP contribution in [0.1, 0.15) is 36.4 Å². The van der Waals surface area contributed by atoms with E-state index in [-0.39, 0.29) is 18.3 Å². The molecular weight excluding hydrogens is 230 g/mol. The molecule has 0 aliphatic heterocycles. The van der Waals surface area contributed by atoms with Crippen molar-refractivity contribution in [3.8, 4) is 0 Å². The highest BCUT2D eigenvalue weighted by Crippen LogP contribution is 2.44. The maximum atomic E-state index is 13.1. The van der Waals surface area contributed by atoms with Crippen LogP contribution < -0.4 is 5.73 Å². The molecule has 2 nitrogen and oxygen atoms in total. The Labute approximate surface area is 97.9 Å². The van der Waals surface area contributed by atoms with Crippen LogP contribution in [0.15, 0.2) is 5.38 Å². The first-order valence-corrected chi connectivity index (χ1v) is 6.36. The van der Waals surface area contributed by atoms with Crippen LogP contribution in [0.5, 0.6) is 0 Å². The maximum absolute atomic E-state index is 13.1. The van der Waals surface area contributed by atoms with E-state index < -0.39 is 5.92 Å². The fourth-order valence-corrected chi connectivity index (χ4v) is 3.00. The molecule has 1 aromatic rings. The molecule has 0 saturated heterocycles. The molecule has 1 fully saturated rings. The molecule has 0 atom stereocenters. The summed E-state index contributed by atoms with van der Waals surface area (Å²) < 4.78 is 26.3. The van der Waals surface area contributed by atoms with E-state index in [0.29, 0.717) is 19.4 Å². The Morgan fingerprint density at radius 3 is 2.44 bits per heavy atom. The minimum absolute atomic E-state index is 0.0687. The van der Waals surface area contributed by atoms with Gasteiger partial charge in [0.15, 0.2) is 0 Å². The van der Waals surface area contributed by atoms with Crippen LogP contribution >= 0.6 is 11.3 Å². The van der Waals surface area contributed by atoms with E-state index in [9.17, 15) is 8.78 Å². The molecule has 0 aromatic carbocycles. The second-order valence-corrected chi connectivity index (χ2v) is 5.65. The average molecular weight is 246 g/mol. The predicted octanol–water partition coefficient (Wildman–Crippen LogP) is 2.86. The van der Waals surface area contributed by atoms with E-state index in [0.717, 1.165) is 10.7 Å². The summed E-state index contributed by atoms with van der Waals surface area (Å²) in [6.07, 6.45) is 0.751. The minimum atomic E-state index is -2.51. The molecule has 1 aromatic heterocycles. The molecule has 0 amide bonds. The SMILES string of the molecule is Cc1nc(C2(CN)CCC(F)(F)CC2)cs1. The summed E-state index contributed by atoms with van der Waals surface area (Å²) in [5.41, 5.74) is 6.38. The average Bonchev–Trinajstić information content (AvgIpc) is 2.66. The van der Waals surface area contributed by atoms with Gasteiger partial charge in [-0.05, 0) is 19.8 Å². The molecular formula is C11H16F2N2S. The molecule has 1 aliphatic rings. The van der Waals surface area contributed by atoms with E-state index in [1.165, 1.54) is 0 Å². The Morgan fingerprint density at radius 2 is 2.00 bits per heavy atom. The van der Waals surface area contributed by atoms with Crippen LogP contribution in [0.4, 0.5) is 8.78 Å². The van der Waals surface area contributed by atoms with Crippen molar-refractivity contribution in [2.75, 3.05) is 6.54 Å². The van der Waals surface area contributed by atoms with Gasteiger partial charge in [0.2, 0.25) is 5.92 Å². The van der Waals surface area contributed by atoms with Crippen molar-refractivity contribution < 1.29 is 8.78 Å². The molecule has 2 N–H and O–H groups in total. The molecule has 0 bridgehead atoms. The van der Waals surface area contributed by atoms with Gasteiger partial charge in [0.1, 0.15) is 0 Å². The highest BCUT2D eigenvalue weighted by atomic mass is 32.1. The lowest BCUT2D eigenvalue weighted by Gasteiger charge is -2.38. The van der Waals surface area contributed by atoms with Crippen molar-refractivity contribution in [1.29, 1.82) is 0 Å². The molecule has 2 rings (SSSR count). The van der Waals surface area contributed by atoms with Crippen molar-refractivity contribution in [3.63, 3.8) is 0 Å². The largest absolute Gasteiger partial charge is 0.330 e. The number of aromatic nitrogens is 1. The highest BCUT2D eigenvalue weighted by Gasteiger charge is 2.44. The molecule has 0 spiro atoms. The number of aryl methyl sites for hydroxylation is 1. The number of hydrogen-bond acceptors (Lipinski definition) is 3. The van der Waals surface area contributed by atoms with Crippen LogP contribution in [-0.4, -0.2) is 17.5 Å². The summed E-state index contributed by atoms with van der Waals surface area (Å²) in [5.74, 6) is -2.51. The second kappa shape index (κ2) is 4.04. The third-order valence-electron chi connectivity index (χ3n) is 3.49. The van der Waals surface area contributed by atoms with E-state index in [2.05, 4.69) is 4.98 Å². The van der Waals surface area contributed by atoms with Gasteiger partial charge in [0, 0.05) is 30.2 Å². The van der Waals surface area contributed by atoms with Gasteiger partial charge in [-0.2, -0.15) is 0 Å². The monoisotopic (exact) mass is 246 g/mol. The van der Waals surface area contributed by atoms with E-state index in [1.54, 1.807) is 11.3 Å². The summed E-state index contributed by atoms with van der Waals surface area (Å²) in [4.78, 5) is 4.42. The van der Waals surface area contributed by atoms with Crippen LogP contribution in [-0.2, 0) is 5.41 Å². The quantitative estimate of drug-likeness (QED) is 0.871. The van der Waals surface area contributed by atoms with Crippen molar-refractivity contribution in [2.45, 2.75) is 43.9 Å². The zero-order chi connectivity index (χ0) is 11.8. The highest BCUT2D eigenvalue weighted by molar-refractivity contribution is 7.09. The fraction of sp³-hybridized carbons (Fsp3) is 0.727. The summed E-state index contributed by atoms with van der Waals surface area (Å²) in [6.45, 7) is 2.34. The molecule has 90 valence electrons. The van der Waals surface area contributed by atoms with Gasteiger partial charge in [-0.25, -0.2) is 13.8 Å². The van der Waals surface area contributed by atoms with Crippen LogP contribution in [0, 0.1) is 6.92 Å². The first-order chi connectivity index (χ1) is 7.47. The van der Waals surface area contributed by atoms with Gasteiger partial charge in [0.25, 0.3) is 0 Å². The fourth-order valence-electron chi connectivity index (χ4n) is 2.27. The van der Waals surface area contributed by atoms with Gasteiger partial charge in [0.05, 0.1) is 10.7 Å². The van der Waals surface area contributed by atoms with Crippen LogP contribution in [0.2, 0.25) is 0 Å². The first kappa shape index (κ1) is 11.9. The number of halogens is 2. The van der Waals surface area contributed by atoms with E-state index in [1.807, 2.05) is 12.3 Å². The standard InChI is InChI=1S/C11H16F2N2S/c1-8-15-9(6-16-8)10(7-14)2-4-11(12,13)5-3-10/h6H,2-5,7,14H2,1H3. The van der Waals surface area contributed by atoms with Gasteiger partial charge >= 0.3 is 0 Å². The first-order valence-electron chi connectivity index (χ1n) is 5.48. The minimum Gasteiger partial charge on any atom is -0.330 e. The van der Waals surface area contributed by atoms with Crippen molar-refractivity contribution in [2.24, 2.45) is 5.73 Å². The van der Waals surface area contributed by atoms with Gasteiger partial charge in [-0.15, -0.1) is 11.3 Å².